The van der Waals surface area contributed by atoms with E-state index in [4.69, 9.17) is 11.6 Å². The summed E-state index contributed by atoms with van der Waals surface area (Å²) in [5.41, 5.74) is 1.02. The Morgan fingerprint density at radius 2 is 2.00 bits per heavy atom. The van der Waals surface area contributed by atoms with E-state index in [1.807, 2.05) is 6.92 Å². The summed E-state index contributed by atoms with van der Waals surface area (Å²) in [5, 5.41) is 3.52. The normalized spacial score (nSPS) is 10.6. The Bertz CT molecular complexity index is 577. The van der Waals surface area contributed by atoms with Gasteiger partial charge in [0.15, 0.2) is 0 Å². The van der Waals surface area contributed by atoms with Crippen molar-refractivity contribution in [2.45, 2.75) is 26.7 Å². The molecule has 2 aromatic rings. The highest BCUT2D eigenvalue weighted by Crippen LogP contribution is 2.25. The average Bonchev–Trinajstić information content (AvgIpc) is 2.39. The van der Waals surface area contributed by atoms with E-state index in [0.29, 0.717) is 16.3 Å². The largest absolute Gasteiger partial charge is 0.370 e. The minimum atomic E-state index is -0.374. The maximum atomic E-state index is 14.0. The molecule has 1 N–H and O–H groups in total. The molecule has 0 atom stereocenters. The topological polar surface area (TPSA) is 37.8 Å². The monoisotopic (exact) mass is 293 g/mol. The first-order valence-electron chi connectivity index (χ1n) is 6.71. The van der Waals surface area contributed by atoms with E-state index in [-0.39, 0.29) is 5.82 Å². The quantitative estimate of drug-likeness (QED) is 0.892. The van der Waals surface area contributed by atoms with Crippen molar-refractivity contribution in [3.8, 4) is 11.3 Å². The van der Waals surface area contributed by atoms with Crippen molar-refractivity contribution < 1.29 is 4.39 Å². The van der Waals surface area contributed by atoms with Crippen LogP contribution in [0.1, 0.15) is 26.1 Å². The minimum Gasteiger partial charge on any atom is -0.370 e. The molecule has 0 unspecified atom stereocenters. The van der Waals surface area contributed by atoms with Crippen molar-refractivity contribution in [2.75, 3.05) is 11.9 Å². The summed E-state index contributed by atoms with van der Waals surface area (Å²) < 4.78 is 14.0. The molecule has 0 amide bonds. The molecule has 0 spiro atoms. The zero-order valence-corrected chi connectivity index (χ0v) is 12.3. The fraction of sp³-hybridized carbons (Fsp3) is 0.333. The fourth-order valence-electron chi connectivity index (χ4n) is 1.94. The second-order valence-corrected chi connectivity index (χ2v) is 4.90. The Hall–Kier alpha value is -1.68. The van der Waals surface area contributed by atoms with Crippen LogP contribution >= 0.6 is 11.6 Å². The van der Waals surface area contributed by atoms with Crippen LogP contribution in [0, 0.1) is 5.82 Å². The summed E-state index contributed by atoms with van der Waals surface area (Å²) in [6.07, 6.45) is 1.71. The predicted molar refractivity (Wildman–Crippen MR) is 80.6 cm³/mol. The summed E-state index contributed by atoms with van der Waals surface area (Å²) >= 11 is 5.78. The number of hydrogen-bond donors (Lipinski definition) is 1. The lowest BCUT2D eigenvalue weighted by Gasteiger charge is -2.09. The standard InChI is InChI=1S/C15H17ClFN3/c1-3-5-14-19-13(9-15(20-14)18-4-2)11-7-6-10(16)8-12(11)17/h6-9H,3-5H2,1-2H3,(H,18,19,20). The van der Waals surface area contributed by atoms with E-state index >= 15 is 0 Å². The molecule has 0 aliphatic rings. The van der Waals surface area contributed by atoms with Gasteiger partial charge in [0, 0.05) is 29.6 Å². The van der Waals surface area contributed by atoms with Gasteiger partial charge in [0.25, 0.3) is 0 Å². The molecule has 1 aromatic carbocycles. The van der Waals surface area contributed by atoms with Crippen LogP contribution in [-0.2, 0) is 6.42 Å². The second kappa shape index (κ2) is 6.66. The van der Waals surface area contributed by atoms with Gasteiger partial charge in [-0.2, -0.15) is 0 Å². The number of nitrogens with zero attached hydrogens (tertiary/aromatic N) is 2. The summed E-state index contributed by atoms with van der Waals surface area (Å²) in [5.74, 6) is 1.06. The van der Waals surface area contributed by atoms with Gasteiger partial charge in [-0.15, -0.1) is 0 Å². The van der Waals surface area contributed by atoms with Crippen molar-refractivity contribution in [3.05, 3.63) is 40.9 Å². The van der Waals surface area contributed by atoms with Crippen LogP contribution in [0.4, 0.5) is 10.2 Å². The third-order valence-electron chi connectivity index (χ3n) is 2.81. The van der Waals surface area contributed by atoms with Crippen LogP contribution < -0.4 is 5.32 Å². The fourth-order valence-corrected chi connectivity index (χ4v) is 2.10. The molecule has 0 fully saturated rings. The molecule has 1 aromatic heterocycles. The Morgan fingerprint density at radius 1 is 1.20 bits per heavy atom. The summed E-state index contributed by atoms with van der Waals surface area (Å²) in [6, 6.07) is 6.36. The van der Waals surface area contributed by atoms with Crippen molar-refractivity contribution in [1.29, 1.82) is 0 Å². The van der Waals surface area contributed by atoms with Crippen LogP contribution in [0.2, 0.25) is 5.02 Å². The summed E-state index contributed by atoms with van der Waals surface area (Å²) in [4.78, 5) is 8.85. The molecule has 3 nitrogen and oxygen atoms in total. The average molecular weight is 294 g/mol. The lowest BCUT2D eigenvalue weighted by atomic mass is 10.1. The number of nitrogens with one attached hydrogen (secondary N) is 1. The van der Waals surface area contributed by atoms with E-state index in [2.05, 4.69) is 22.2 Å². The van der Waals surface area contributed by atoms with Crippen LogP contribution in [-0.4, -0.2) is 16.5 Å². The third-order valence-corrected chi connectivity index (χ3v) is 3.05. The minimum absolute atomic E-state index is 0.374. The van der Waals surface area contributed by atoms with E-state index in [1.54, 1.807) is 18.2 Å². The lowest BCUT2D eigenvalue weighted by molar-refractivity contribution is 0.630. The molecule has 0 saturated heterocycles. The van der Waals surface area contributed by atoms with Crippen molar-refractivity contribution >= 4 is 17.4 Å². The number of benzene rings is 1. The Morgan fingerprint density at radius 3 is 2.65 bits per heavy atom. The number of rotatable bonds is 5. The van der Waals surface area contributed by atoms with E-state index in [1.165, 1.54) is 6.07 Å². The smallest absolute Gasteiger partial charge is 0.134 e. The van der Waals surface area contributed by atoms with Gasteiger partial charge in [0.1, 0.15) is 17.5 Å². The van der Waals surface area contributed by atoms with Crippen LogP contribution in [0.25, 0.3) is 11.3 Å². The molecule has 106 valence electrons. The first-order chi connectivity index (χ1) is 9.63. The van der Waals surface area contributed by atoms with Gasteiger partial charge in [-0.25, -0.2) is 14.4 Å². The number of anilines is 1. The first-order valence-corrected chi connectivity index (χ1v) is 7.09. The highest BCUT2D eigenvalue weighted by Gasteiger charge is 2.10. The van der Waals surface area contributed by atoms with Gasteiger partial charge in [-0.1, -0.05) is 18.5 Å². The molecular weight excluding hydrogens is 277 g/mol. The molecule has 0 bridgehead atoms. The van der Waals surface area contributed by atoms with Crippen LogP contribution in [0.15, 0.2) is 24.3 Å². The molecular formula is C15H17ClFN3. The van der Waals surface area contributed by atoms with Gasteiger partial charge in [0.2, 0.25) is 0 Å². The van der Waals surface area contributed by atoms with Crippen molar-refractivity contribution in [2.24, 2.45) is 0 Å². The van der Waals surface area contributed by atoms with Gasteiger partial charge in [0.05, 0.1) is 5.69 Å². The third kappa shape index (κ3) is 3.45. The SMILES string of the molecule is CCCc1nc(NCC)cc(-c2ccc(Cl)cc2F)n1. The first kappa shape index (κ1) is 14.7. The molecule has 20 heavy (non-hydrogen) atoms. The van der Waals surface area contributed by atoms with Crippen molar-refractivity contribution in [1.82, 2.24) is 9.97 Å². The van der Waals surface area contributed by atoms with E-state index < -0.39 is 0 Å². The maximum Gasteiger partial charge on any atom is 0.134 e. The molecule has 0 aliphatic heterocycles. The highest BCUT2D eigenvalue weighted by molar-refractivity contribution is 6.30. The van der Waals surface area contributed by atoms with Gasteiger partial charge in [-0.3, -0.25) is 0 Å². The number of aryl methyl sites for hydroxylation is 1. The zero-order chi connectivity index (χ0) is 14.5. The molecule has 1 heterocycles. The number of hydrogen-bond acceptors (Lipinski definition) is 3. The molecule has 5 heteroatoms. The number of halogens is 2. The van der Waals surface area contributed by atoms with Crippen LogP contribution in [0.5, 0.6) is 0 Å². The number of aromatic nitrogens is 2. The Balaban J connectivity index is 2.48. The lowest BCUT2D eigenvalue weighted by Crippen LogP contribution is -2.05. The maximum absolute atomic E-state index is 14.0. The Kier molecular flexibility index (Phi) is 4.90. The zero-order valence-electron chi connectivity index (χ0n) is 11.6. The summed E-state index contributed by atoms with van der Waals surface area (Å²) in [6.45, 7) is 4.81. The molecule has 0 saturated carbocycles. The van der Waals surface area contributed by atoms with Gasteiger partial charge in [-0.05, 0) is 31.5 Å². The molecule has 2 rings (SSSR count). The molecule has 0 aliphatic carbocycles. The predicted octanol–water partition coefficient (Wildman–Crippen LogP) is 4.32. The van der Waals surface area contributed by atoms with Crippen molar-refractivity contribution in [3.63, 3.8) is 0 Å². The second-order valence-electron chi connectivity index (χ2n) is 4.46. The van der Waals surface area contributed by atoms with E-state index in [9.17, 15) is 4.39 Å². The van der Waals surface area contributed by atoms with Gasteiger partial charge >= 0.3 is 0 Å². The van der Waals surface area contributed by atoms with Crippen LogP contribution in [0.3, 0.4) is 0 Å². The summed E-state index contributed by atoms with van der Waals surface area (Å²) in [7, 11) is 0. The van der Waals surface area contributed by atoms with E-state index in [0.717, 1.165) is 31.0 Å². The highest BCUT2D eigenvalue weighted by atomic mass is 35.5. The Labute approximate surface area is 123 Å². The molecule has 0 radical (unpaired) electrons. The van der Waals surface area contributed by atoms with Gasteiger partial charge < -0.3 is 5.32 Å².